The van der Waals surface area contributed by atoms with E-state index in [4.69, 9.17) is 9.47 Å². The van der Waals surface area contributed by atoms with Gasteiger partial charge in [-0.2, -0.15) is 0 Å². The molecule has 18 heavy (non-hydrogen) atoms. The van der Waals surface area contributed by atoms with Crippen molar-refractivity contribution in [2.75, 3.05) is 14.2 Å². The molecule has 0 amide bonds. The lowest BCUT2D eigenvalue weighted by atomic mass is 10.1. The summed E-state index contributed by atoms with van der Waals surface area (Å²) in [6.45, 7) is 5.19. The first-order valence-corrected chi connectivity index (χ1v) is 6.09. The molecular formula is C15H19NO2. The monoisotopic (exact) mass is 245 g/mol. The summed E-state index contributed by atoms with van der Waals surface area (Å²) in [6, 6.07) is 10.1. The summed E-state index contributed by atoms with van der Waals surface area (Å²) in [7, 11) is 3.37. The number of aromatic nitrogens is 1. The third-order valence-corrected chi connectivity index (χ3v) is 3.20. The second kappa shape index (κ2) is 5.17. The molecule has 1 aromatic heterocycles. The smallest absolute Gasteiger partial charge is 0.128 e. The first-order valence-electron chi connectivity index (χ1n) is 6.09. The van der Waals surface area contributed by atoms with Gasteiger partial charge in [0, 0.05) is 17.8 Å². The molecule has 0 aliphatic carbocycles. The van der Waals surface area contributed by atoms with Crippen LogP contribution >= 0.6 is 0 Å². The SMILES string of the molecule is CCn1c(C)ccc1-c1cc(OC)ccc1OC. The molecule has 2 aromatic rings. The first-order chi connectivity index (χ1) is 8.71. The van der Waals surface area contributed by atoms with Gasteiger partial charge in [-0.3, -0.25) is 0 Å². The van der Waals surface area contributed by atoms with Gasteiger partial charge < -0.3 is 14.0 Å². The summed E-state index contributed by atoms with van der Waals surface area (Å²) >= 11 is 0. The third kappa shape index (κ3) is 2.08. The van der Waals surface area contributed by atoms with Gasteiger partial charge in [-0.15, -0.1) is 0 Å². The van der Waals surface area contributed by atoms with Gasteiger partial charge >= 0.3 is 0 Å². The molecule has 0 radical (unpaired) electrons. The van der Waals surface area contributed by atoms with Crippen molar-refractivity contribution in [1.82, 2.24) is 4.57 Å². The Balaban J connectivity index is 2.60. The average Bonchev–Trinajstić information content (AvgIpc) is 2.78. The zero-order chi connectivity index (χ0) is 13.1. The molecule has 0 unspecified atom stereocenters. The number of ether oxygens (including phenoxy) is 2. The normalized spacial score (nSPS) is 10.4. The van der Waals surface area contributed by atoms with Crippen LogP contribution in [0.1, 0.15) is 12.6 Å². The van der Waals surface area contributed by atoms with Crippen LogP contribution in [-0.2, 0) is 6.54 Å². The van der Waals surface area contributed by atoms with Crippen molar-refractivity contribution in [2.24, 2.45) is 0 Å². The van der Waals surface area contributed by atoms with E-state index in [9.17, 15) is 0 Å². The minimum Gasteiger partial charge on any atom is -0.497 e. The molecule has 0 spiro atoms. The Morgan fingerprint density at radius 1 is 1.06 bits per heavy atom. The molecule has 0 aliphatic heterocycles. The number of hydrogen-bond acceptors (Lipinski definition) is 2. The van der Waals surface area contributed by atoms with Crippen LogP contribution in [0.3, 0.4) is 0 Å². The number of rotatable bonds is 4. The molecule has 3 heteroatoms. The fourth-order valence-corrected chi connectivity index (χ4v) is 2.24. The standard InChI is InChI=1S/C15H19NO2/c1-5-16-11(2)6-8-14(16)13-10-12(17-3)7-9-15(13)18-4/h6-10H,5H2,1-4H3. The van der Waals surface area contributed by atoms with E-state index in [1.807, 2.05) is 18.2 Å². The van der Waals surface area contributed by atoms with Crippen LogP contribution in [0, 0.1) is 6.92 Å². The largest absolute Gasteiger partial charge is 0.497 e. The number of aryl methyl sites for hydroxylation is 1. The third-order valence-electron chi connectivity index (χ3n) is 3.20. The molecule has 0 saturated carbocycles. The van der Waals surface area contributed by atoms with Crippen LogP contribution in [-0.4, -0.2) is 18.8 Å². The lowest BCUT2D eigenvalue weighted by molar-refractivity contribution is 0.404. The minimum absolute atomic E-state index is 0.840. The van der Waals surface area contributed by atoms with Crippen molar-refractivity contribution in [3.05, 3.63) is 36.0 Å². The Hall–Kier alpha value is -1.90. The summed E-state index contributed by atoms with van der Waals surface area (Å²) in [5, 5.41) is 0. The van der Waals surface area contributed by atoms with Gasteiger partial charge in [0.25, 0.3) is 0 Å². The van der Waals surface area contributed by atoms with Gasteiger partial charge in [0.05, 0.1) is 19.9 Å². The van der Waals surface area contributed by atoms with Crippen molar-refractivity contribution < 1.29 is 9.47 Å². The number of methoxy groups -OCH3 is 2. The van der Waals surface area contributed by atoms with Crippen molar-refractivity contribution in [1.29, 1.82) is 0 Å². The summed E-state index contributed by atoms with van der Waals surface area (Å²) in [6.07, 6.45) is 0. The maximum Gasteiger partial charge on any atom is 0.128 e. The molecule has 1 heterocycles. The van der Waals surface area contributed by atoms with E-state index in [0.29, 0.717) is 0 Å². The molecule has 0 atom stereocenters. The van der Waals surface area contributed by atoms with E-state index in [0.717, 1.165) is 29.3 Å². The van der Waals surface area contributed by atoms with E-state index in [2.05, 4.69) is 30.5 Å². The lowest BCUT2D eigenvalue weighted by Crippen LogP contribution is -2.00. The molecule has 3 nitrogen and oxygen atoms in total. The highest BCUT2D eigenvalue weighted by Crippen LogP contribution is 2.34. The van der Waals surface area contributed by atoms with Gasteiger partial charge in [0.15, 0.2) is 0 Å². The van der Waals surface area contributed by atoms with E-state index >= 15 is 0 Å². The number of benzene rings is 1. The first kappa shape index (κ1) is 12.6. The molecular weight excluding hydrogens is 226 g/mol. The lowest BCUT2D eigenvalue weighted by Gasteiger charge is -2.13. The fourth-order valence-electron chi connectivity index (χ4n) is 2.24. The molecule has 0 bridgehead atoms. The summed E-state index contributed by atoms with van der Waals surface area (Å²) in [4.78, 5) is 0. The van der Waals surface area contributed by atoms with Gasteiger partial charge in [-0.05, 0) is 44.2 Å². The van der Waals surface area contributed by atoms with Crippen LogP contribution in [0.25, 0.3) is 11.3 Å². The zero-order valence-electron chi connectivity index (χ0n) is 11.4. The van der Waals surface area contributed by atoms with Crippen molar-refractivity contribution in [3.63, 3.8) is 0 Å². The van der Waals surface area contributed by atoms with E-state index in [1.54, 1.807) is 14.2 Å². The summed E-state index contributed by atoms with van der Waals surface area (Å²) in [5.41, 5.74) is 3.47. The Morgan fingerprint density at radius 2 is 1.83 bits per heavy atom. The Morgan fingerprint density at radius 3 is 2.44 bits per heavy atom. The molecule has 1 aromatic carbocycles. The molecule has 0 saturated heterocycles. The second-order valence-electron chi connectivity index (χ2n) is 4.17. The molecule has 0 aliphatic rings. The fraction of sp³-hybridized carbons (Fsp3) is 0.333. The molecule has 0 fully saturated rings. The quantitative estimate of drug-likeness (QED) is 0.823. The van der Waals surface area contributed by atoms with Gasteiger partial charge in [-0.25, -0.2) is 0 Å². The zero-order valence-corrected chi connectivity index (χ0v) is 11.4. The summed E-state index contributed by atoms with van der Waals surface area (Å²) in [5.74, 6) is 1.70. The highest BCUT2D eigenvalue weighted by Gasteiger charge is 2.12. The Bertz CT molecular complexity index is 543. The second-order valence-corrected chi connectivity index (χ2v) is 4.17. The molecule has 0 N–H and O–H groups in total. The number of hydrogen-bond donors (Lipinski definition) is 0. The van der Waals surface area contributed by atoms with E-state index in [-0.39, 0.29) is 0 Å². The highest BCUT2D eigenvalue weighted by molar-refractivity contribution is 5.70. The average molecular weight is 245 g/mol. The maximum atomic E-state index is 5.44. The van der Waals surface area contributed by atoms with Crippen LogP contribution in [0.15, 0.2) is 30.3 Å². The Kier molecular flexibility index (Phi) is 3.60. The maximum absolute atomic E-state index is 5.44. The highest BCUT2D eigenvalue weighted by atomic mass is 16.5. The van der Waals surface area contributed by atoms with Crippen LogP contribution in [0.4, 0.5) is 0 Å². The predicted octanol–water partition coefficient (Wildman–Crippen LogP) is 3.50. The van der Waals surface area contributed by atoms with E-state index < -0.39 is 0 Å². The van der Waals surface area contributed by atoms with Crippen LogP contribution in [0.5, 0.6) is 11.5 Å². The van der Waals surface area contributed by atoms with E-state index in [1.165, 1.54) is 5.69 Å². The van der Waals surface area contributed by atoms with Crippen molar-refractivity contribution in [3.8, 4) is 22.8 Å². The predicted molar refractivity (Wildman–Crippen MR) is 73.4 cm³/mol. The molecule has 2 rings (SSSR count). The van der Waals surface area contributed by atoms with Gasteiger partial charge in [-0.1, -0.05) is 0 Å². The summed E-state index contributed by atoms with van der Waals surface area (Å²) < 4.78 is 13.0. The van der Waals surface area contributed by atoms with Gasteiger partial charge in [0.1, 0.15) is 11.5 Å². The van der Waals surface area contributed by atoms with Gasteiger partial charge in [0.2, 0.25) is 0 Å². The number of nitrogens with zero attached hydrogens (tertiary/aromatic N) is 1. The molecule has 96 valence electrons. The van der Waals surface area contributed by atoms with Crippen molar-refractivity contribution >= 4 is 0 Å². The van der Waals surface area contributed by atoms with Crippen LogP contribution in [0.2, 0.25) is 0 Å². The van der Waals surface area contributed by atoms with Crippen molar-refractivity contribution in [2.45, 2.75) is 20.4 Å². The topological polar surface area (TPSA) is 23.4 Å². The van der Waals surface area contributed by atoms with Crippen LogP contribution < -0.4 is 9.47 Å². The Labute approximate surface area is 108 Å². The minimum atomic E-state index is 0.840.